The van der Waals surface area contributed by atoms with Gasteiger partial charge in [-0.25, -0.2) is 9.13 Å². The minimum absolute atomic E-state index is 0.0603. The fourth-order valence-corrected chi connectivity index (χ4v) is 6.21. The number of aromatic nitrogens is 2. The second-order valence-corrected chi connectivity index (χ2v) is 11.8. The zero-order valence-corrected chi connectivity index (χ0v) is 22.2. The maximum atomic E-state index is 12.6. The van der Waals surface area contributed by atoms with Crippen molar-refractivity contribution in [2.45, 2.75) is 12.5 Å². The number of benzene rings is 2. The second-order valence-electron chi connectivity index (χ2n) is 9.02. The molecule has 3 aromatic rings. The third kappa shape index (κ3) is 6.44. The van der Waals surface area contributed by atoms with Crippen molar-refractivity contribution in [3.8, 4) is 11.5 Å². The molecule has 5 rings (SSSR count). The number of nitrogen functional groups attached to an aromatic ring is 1. The first-order valence-corrected chi connectivity index (χ1v) is 14.9. The van der Waals surface area contributed by atoms with Crippen molar-refractivity contribution in [2.24, 2.45) is 11.8 Å². The molecule has 5 unspecified atom stereocenters. The van der Waals surface area contributed by atoms with Crippen molar-refractivity contribution >= 4 is 33.1 Å². The first kappa shape index (κ1) is 27.2. The van der Waals surface area contributed by atoms with E-state index in [9.17, 15) is 23.7 Å². The highest BCUT2D eigenvalue weighted by atomic mass is 31.2. The Kier molecular flexibility index (Phi) is 7.68. The van der Waals surface area contributed by atoms with Gasteiger partial charge in [0.1, 0.15) is 17.2 Å². The molecule has 1 fully saturated rings. The lowest BCUT2D eigenvalue weighted by Crippen LogP contribution is -2.55. The predicted octanol–water partition coefficient (Wildman–Crippen LogP) is 2.94. The van der Waals surface area contributed by atoms with E-state index in [1.54, 1.807) is 41.3 Å². The molecule has 2 aromatic carbocycles. The minimum atomic E-state index is -4.51. The molecule has 1 aromatic heterocycles. The van der Waals surface area contributed by atoms with Crippen LogP contribution in [-0.4, -0.2) is 45.7 Å². The van der Waals surface area contributed by atoms with Gasteiger partial charge in [0.05, 0.1) is 19.9 Å². The van der Waals surface area contributed by atoms with Crippen LogP contribution in [0.15, 0.2) is 65.5 Å². The Morgan fingerprint density at radius 2 is 1.51 bits per heavy atom. The number of anilines is 3. The summed E-state index contributed by atoms with van der Waals surface area (Å²) < 4.78 is 46.0. The molecular formula is C23H27N5O9P2. The Labute approximate surface area is 222 Å². The zero-order chi connectivity index (χ0) is 27.6. The molecule has 0 amide bonds. The summed E-state index contributed by atoms with van der Waals surface area (Å²) in [7, 11) is -8.96. The molecule has 0 radical (unpaired) electrons. The first-order chi connectivity index (χ1) is 18.6. The minimum Gasteiger partial charge on any atom is -0.404 e. The van der Waals surface area contributed by atoms with Gasteiger partial charge in [0.15, 0.2) is 5.82 Å². The molecule has 1 aliphatic heterocycles. The number of phosphoric acid groups is 2. The molecule has 14 nitrogen and oxygen atoms in total. The number of phosphoric ester groups is 2. The Bertz CT molecular complexity index is 1460. The third-order valence-corrected chi connectivity index (χ3v) is 8.30. The van der Waals surface area contributed by atoms with Crippen molar-refractivity contribution in [1.82, 2.24) is 9.97 Å². The van der Waals surface area contributed by atoms with Gasteiger partial charge in [-0.3, -0.25) is 28.6 Å². The van der Waals surface area contributed by atoms with Crippen LogP contribution in [0.5, 0.6) is 11.5 Å². The number of H-pyrrole nitrogens is 1. The summed E-state index contributed by atoms with van der Waals surface area (Å²) in [6, 6.07) is 15.8. The van der Waals surface area contributed by atoms with E-state index in [1.165, 1.54) is 24.3 Å². The highest BCUT2D eigenvalue weighted by molar-refractivity contribution is 7.48. The molecular weight excluding hydrogens is 552 g/mol. The number of para-hydroxylation sites is 2. The van der Waals surface area contributed by atoms with Crippen LogP contribution < -0.4 is 30.6 Å². The zero-order valence-electron chi connectivity index (χ0n) is 20.5. The molecule has 2 aliphatic rings. The van der Waals surface area contributed by atoms with Crippen LogP contribution in [0.25, 0.3) is 0 Å². The molecule has 16 heteroatoms. The van der Waals surface area contributed by atoms with Crippen molar-refractivity contribution in [3.05, 3.63) is 71.0 Å². The van der Waals surface area contributed by atoms with Gasteiger partial charge >= 0.3 is 15.6 Å². The number of fused-ring (bicyclic) bond motifs is 1. The average Bonchev–Trinajstić information content (AvgIpc) is 3.27. The lowest BCUT2D eigenvalue weighted by molar-refractivity contribution is 0.0211. The lowest BCUT2D eigenvalue weighted by atomic mass is 9.69. The van der Waals surface area contributed by atoms with Gasteiger partial charge in [0.2, 0.25) is 5.95 Å². The van der Waals surface area contributed by atoms with Crippen LogP contribution in [0.4, 0.5) is 17.5 Å². The van der Waals surface area contributed by atoms with Gasteiger partial charge in [-0.05, 0) is 36.6 Å². The fourth-order valence-electron chi connectivity index (χ4n) is 4.59. The van der Waals surface area contributed by atoms with E-state index in [1.807, 2.05) is 0 Å². The molecule has 5 atom stereocenters. The summed E-state index contributed by atoms with van der Waals surface area (Å²) in [4.78, 5) is 41.2. The number of rotatable bonds is 11. The summed E-state index contributed by atoms with van der Waals surface area (Å²) in [5.74, 6) is -0.244. The van der Waals surface area contributed by atoms with Crippen molar-refractivity contribution in [2.75, 3.05) is 35.8 Å². The van der Waals surface area contributed by atoms with Crippen LogP contribution in [0, 0.1) is 11.8 Å². The van der Waals surface area contributed by atoms with Crippen LogP contribution >= 0.6 is 15.6 Å². The standard InChI is InChI=1S/C23H27N5O9P2/c24-23-26-21-20(22(29)27-23)25-14-28(21)19-11-15(12-34-38(30,31)36-16-7-3-1-4-8-16)18(19)13-35-39(32,33)37-17-9-5-2-6-10-17/h1-10,15,18-19,25H,11-14H2,(H,30,31)(H,32,33)(H3,24,26,27,29). The molecule has 1 aliphatic carbocycles. The molecule has 39 heavy (non-hydrogen) atoms. The number of nitrogens with two attached hydrogens (primary N) is 1. The number of nitrogens with zero attached hydrogens (tertiary/aromatic N) is 2. The van der Waals surface area contributed by atoms with Crippen molar-refractivity contribution in [1.29, 1.82) is 0 Å². The Morgan fingerprint density at radius 1 is 0.949 bits per heavy atom. The van der Waals surface area contributed by atoms with Crippen LogP contribution in [0.2, 0.25) is 0 Å². The van der Waals surface area contributed by atoms with Crippen LogP contribution in [0.3, 0.4) is 0 Å². The monoisotopic (exact) mass is 579 g/mol. The average molecular weight is 579 g/mol. The number of aromatic amines is 1. The van der Waals surface area contributed by atoms with Gasteiger partial charge in [0, 0.05) is 12.0 Å². The summed E-state index contributed by atoms with van der Waals surface area (Å²) in [6.45, 7) is -0.213. The Balaban J connectivity index is 1.29. The van der Waals surface area contributed by atoms with Crippen molar-refractivity contribution in [3.63, 3.8) is 0 Å². The smallest absolute Gasteiger partial charge is 0.404 e. The number of nitrogens with one attached hydrogen (secondary N) is 2. The van der Waals surface area contributed by atoms with Crippen LogP contribution in [0.1, 0.15) is 6.42 Å². The number of hydrogen-bond acceptors (Lipinski definition) is 11. The molecule has 0 saturated heterocycles. The summed E-state index contributed by atoms with van der Waals surface area (Å²) in [5, 5.41) is 2.98. The Morgan fingerprint density at radius 3 is 2.10 bits per heavy atom. The van der Waals surface area contributed by atoms with Gasteiger partial charge < -0.3 is 25.0 Å². The molecule has 0 spiro atoms. The normalized spacial score (nSPS) is 23.0. The van der Waals surface area contributed by atoms with E-state index in [0.717, 1.165) is 0 Å². The molecule has 2 heterocycles. The van der Waals surface area contributed by atoms with E-state index in [-0.39, 0.29) is 55.0 Å². The van der Waals surface area contributed by atoms with Crippen molar-refractivity contribution < 1.29 is 37.0 Å². The second kappa shape index (κ2) is 11.0. The van der Waals surface area contributed by atoms with E-state index >= 15 is 0 Å². The topological polar surface area (TPSA) is 199 Å². The Hall–Kier alpha value is -3.38. The maximum absolute atomic E-state index is 12.6. The molecule has 6 N–H and O–H groups in total. The van der Waals surface area contributed by atoms with E-state index in [4.69, 9.17) is 23.8 Å². The molecule has 1 saturated carbocycles. The first-order valence-electron chi connectivity index (χ1n) is 11.9. The highest BCUT2D eigenvalue weighted by Crippen LogP contribution is 2.51. The van der Waals surface area contributed by atoms with E-state index < -0.39 is 27.1 Å². The van der Waals surface area contributed by atoms with E-state index in [0.29, 0.717) is 12.2 Å². The third-order valence-electron chi connectivity index (χ3n) is 6.47. The number of hydrogen-bond donors (Lipinski definition) is 5. The van der Waals surface area contributed by atoms with Gasteiger partial charge in [-0.2, -0.15) is 4.98 Å². The quantitative estimate of drug-likeness (QED) is 0.208. The van der Waals surface area contributed by atoms with E-state index in [2.05, 4.69) is 15.3 Å². The summed E-state index contributed by atoms with van der Waals surface area (Å²) in [5.41, 5.74) is 5.56. The lowest BCUT2D eigenvalue weighted by Gasteiger charge is -2.48. The summed E-state index contributed by atoms with van der Waals surface area (Å²) >= 11 is 0. The van der Waals surface area contributed by atoms with Crippen LogP contribution in [-0.2, 0) is 18.2 Å². The van der Waals surface area contributed by atoms with Gasteiger partial charge in [-0.1, -0.05) is 36.4 Å². The molecule has 208 valence electrons. The maximum Gasteiger partial charge on any atom is 0.527 e. The highest BCUT2D eigenvalue weighted by Gasteiger charge is 2.48. The molecule has 0 bridgehead atoms. The summed E-state index contributed by atoms with van der Waals surface area (Å²) in [6.07, 6.45) is 0.435. The van der Waals surface area contributed by atoms with Gasteiger partial charge in [0.25, 0.3) is 5.56 Å². The van der Waals surface area contributed by atoms with Gasteiger partial charge in [-0.15, -0.1) is 0 Å². The fraction of sp³-hybridized carbons (Fsp3) is 0.304. The predicted molar refractivity (Wildman–Crippen MR) is 141 cm³/mol. The largest absolute Gasteiger partial charge is 0.527 e. The SMILES string of the molecule is Nc1nc2c(c(=O)[nH]1)NCN2C1CC(COP(=O)(O)Oc2ccccc2)C1COP(=O)(O)Oc1ccccc1.